The number of halogens is 4. The maximum atomic E-state index is 13.4. The van der Waals surface area contributed by atoms with E-state index >= 15 is 0 Å². The average molecular weight is 439 g/mol. The number of thiazole rings is 1. The first-order valence-corrected chi connectivity index (χ1v) is 10.1. The van der Waals surface area contributed by atoms with Crippen molar-refractivity contribution in [3.63, 3.8) is 0 Å². The lowest BCUT2D eigenvalue weighted by molar-refractivity contribution is -0.274. The summed E-state index contributed by atoms with van der Waals surface area (Å²) in [6.07, 6.45) is -3.53. The smallest absolute Gasteiger partial charge is 0.404 e. The number of carbonyl (C=O) groups is 1. The zero-order valence-corrected chi connectivity index (χ0v) is 16.4. The predicted molar refractivity (Wildman–Crippen MR) is 106 cm³/mol. The minimum Gasteiger partial charge on any atom is -0.404 e. The molecule has 1 aromatic heterocycles. The van der Waals surface area contributed by atoms with E-state index in [9.17, 15) is 22.4 Å². The van der Waals surface area contributed by atoms with Crippen LogP contribution in [0.4, 0.5) is 28.4 Å². The van der Waals surface area contributed by atoms with Crippen LogP contribution in [0.3, 0.4) is 0 Å². The number of amides is 1. The highest BCUT2D eigenvalue weighted by atomic mass is 32.1. The molecule has 0 radical (unpaired) electrons. The van der Waals surface area contributed by atoms with Gasteiger partial charge in [0.15, 0.2) is 10.9 Å². The van der Waals surface area contributed by atoms with Gasteiger partial charge in [-0.3, -0.25) is 4.79 Å². The number of anilines is 2. The number of ether oxygens (including phenoxy) is 1. The van der Waals surface area contributed by atoms with Crippen molar-refractivity contribution in [1.82, 2.24) is 4.98 Å². The van der Waals surface area contributed by atoms with Crippen LogP contribution >= 0.6 is 11.3 Å². The van der Waals surface area contributed by atoms with Crippen molar-refractivity contribution >= 4 is 38.3 Å². The van der Waals surface area contributed by atoms with Gasteiger partial charge in [-0.25, -0.2) is 9.37 Å². The molecule has 2 aromatic carbocycles. The molecule has 0 saturated carbocycles. The number of rotatable bonds is 4. The molecule has 1 unspecified atom stereocenters. The van der Waals surface area contributed by atoms with Gasteiger partial charge in [0.2, 0.25) is 5.91 Å². The molecule has 10 heteroatoms. The third-order valence-electron chi connectivity index (χ3n) is 4.77. The normalized spacial score (nSPS) is 17.2. The van der Waals surface area contributed by atoms with Crippen LogP contribution in [0.15, 0.2) is 42.5 Å². The quantitative estimate of drug-likeness (QED) is 0.569. The molecule has 4 rings (SSSR count). The zero-order valence-electron chi connectivity index (χ0n) is 15.6. The Bertz CT molecular complexity index is 1070. The topological polar surface area (TPSA) is 54.5 Å². The lowest BCUT2D eigenvalue weighted by atomic mass is 9.97. The fraction of sp³-hybridized carbons (Fsp3) is 0.300. The molecule has 3 aromatic rings. The fourth-order valence-corrected chi connectivity index (χ4v) is 4.43. The van der Waals surface area contributed by atoms with Crippen LogP contribution in [0, 0.1) is 11.7 Å². The highest BCUT2D eigenvalue weighted by Gasteiger charge is 2.33. The summed E-state index contributed by atoms with van der Waals surface area (Å²) < 4.78 is 55.9. The van der Waals surface area contributed by atoms with Crippen molar-refractivity contribution in [3.05, 3.63) is 48.3 Å². The van der Waals surface area contributed by atoms with Gasteiger partial charge in [0.05, 0.1) is 21.8 Å². The van der Waals surface area contributed by atoms with Crippen molar-refractivity contribution in [1.29, 1.82) is 0 Å². The third-order valence-corrected chi connectivity index (χ3v) is 5.85. The standard InChI is InChI=1S/C20H17F4N3O2S/c21-13-7-8-15-17(10-13)30-19(26-15)27-9-3-4-12(11-27)18(28)25-14-5-1-2-6-16(14)29-20(22,23)24/h1-2,5-8,10,12H,3-4,9,11H2,(H,25,28). The van der Waals surface area contributed by atoms with Gasteiger partial charge >= 0.3 is 6.36 Å². The highest BCUT2D eigenvalue weighted by Crippen LogP contribution is 2.33. The third kappa shape index (κ3) is 4.64. The molecule has 1 amide bonds. The van der Waals surface area contributed by atoms with Gasteiger partial charge in [0.1, 0.15) is 5.82 Å². The monoisotopic (exact) mass is 439 g/mol. The first kappa shape index (κ1) is 20.4. The number of alkyl halides is 3. The molecule has 1 aliphatic rings. The molecular weight excluding hydrogens is 422 g/mol. The SMILES string of the molecule is O=C(Nc1ccccc1OC(F)(F)F)C1CCCN(c2nc3ccc(F)cc3s2)C1. The molecule has 1 N–H and O–H groups in total. The molecular formula is C20H17F4N3O2S. The van der Waals surface area contributed by atoms with Gasteiger partial charge < -0.3 is 15.0 Å². The average Bonchev–Trinajstić information content (AvgIpc) is 3.12. The van der Waals surface area contributed by atoms with Crippen molar-refractivity contribution < 1.29 is 27.1 Å². The Morgan fingerprint density at radius 3 is 2.83 bits per heavy atom. The summed E-state index contributed by atoms with van der Waals surface area (Å²) in [5.74, 6) is -1.61. The summed E-state index contributed by atoms with van der Waals surface area (Å²) in [6, 6.07) is 9.80. The number of nitrogens with one attached hydrogen (secondary N) is 1. The molecule has 5 nitrogen and oxygen atoms in total. The number of benzene rings is 2. The lowest BCUT2D eigenvalue weighted by Gasteiger charge is -2.31. The van der Waals surface area contributed by atoms with Gasteiger partial charge in [-0.1, -0.05) is 23.5 Å². The predicted octanol–water partition coefficient (Wildman–Crippen LogP) is 5.19. The molecule has 30 heavy (non-hydrogen) atoms. The van der Waals surface area contributed by atoms with Crippen molar-refractivity contribution in [2.45, 2.75) is 19.2 Å². The lowest BCUT2D eigenvalue weighted by Crippen LogP contribution is -2.40. The first-order chi connectivity index (χ1) is 14.3. The van der Waals surface area contributed by atoms with Gasteiger partial charge in [-0.05, 0) is 43.2 Å². The molecule has 0 aliphatic carbocycles. The van der Waals surface area contributed by atoms with Crippen LogP contribution in [-0.2, 0) is 4.79 Å². The number of carbonyl (C=O) groups excluding carboxylic acids is 1. The largest absolute Gasteiger partial charge is 0.573 e. The van der Waals surface area contributed by atoms with Gasteiger partial charge in [-0.2, -0.15) is 0 Å². The summed E-state index contributed by atoms with van der Waals surface area (Å²) >= 11 is 1.34. The van der Waals surface area contributed by atoms with Crippen molar-refractivity contribution in [2.75, 3.05) is 23.3 Å². The fourth-order valence-electron chi connectivity index (χ4n) is 3.40. The summed E-state index contributed by atoms with van der Waals surface area (Å²) in [5, 5.41) is 3.24. The van der Waals surface area contributed by atoms with Crippen LogP contribution < -0.4 is 15.0 Å². The van der Waals surface area contributed by atoms with Crippen molar-refractivity contribution in [2.24, 2.45) is 5.92 Å². The Labute approximate surface area is 173 Å². The molecule has 1 aliphatic heterocycles. The van der Waals surface area contributed by atoms with E-state index in [-0.39, 0.29) is 17.4 Å². The molecule has 158 valence electrons. The van der Waals surface area contributed by atoms with E-state index in [1.54, 1.807) is 6.07 Å². The first-order valence-electron chi connectivity index (χ1n) is 9.25. The van der Waals surface area contributed by atoms with E-state index in [2.05, 4.69) is 15.0 Å². The van der Waals surface area contributed by atoms with E-state index < -0.39 is 18.0 Å². The van der Waals surface area contributed by atoms with Gasteiger partial charge in [-0.15, -0.1) is 13.2 Å². The molecule has 0 bridgehead atoms. The molecule has 1 saturated heterocycles. The number of para-hydroxylation sites is 2. The second-order valence-electron chi connectivity index (χ2n) is 6.93. The Morgan fingerprint density at radius 2 is 2.03 bits per heavy atom. The van der Waals surface area contributed by atoms with Crippen LogP contribution in [0.25, 0.3) is 10.2 Å². The van der Waals surface area contributed by atoms with Crippen LogP contribution in [0.1, 0.15) is 12.8 Å². The molecule has 0 spiro atoms. The Morgan fingerprint density at radius 1 is 1.23 bits per heavy atom. The van der Waals surface area contributed by atoms with E-state index in [0.717, 1.165) is 17.2 Å². The number of aromatic nitrogens is 1. The summed E-state index contributed by atoms with van der Waals surface area (Å²) in [5.41, 5.74) is 0.647. The van der Waals surface area contributed by atoms with Crippen LogP contribution in [0.5, 0.6) is 5.75 Å². The van der Waals surface area contributed by atoms with Crippen molar-refractivity contribution in [3.8, 4) is 5.75 Å². The zero-order chi connectivity index (χ0) is 21.3. The summed E-state index contributed by atoms with van der Waals surface area (Å²) in [7, 11) is 0. The summed E-state index contributed by atoms with van der Waals surface area (Å²) in [4.78, 5) is 19.2. The van der Waals surface area contributed by atoms with Crippen LogP contribution in [-0.4, -0.2) is 30.3 Å². The van der Waals surface area contributed by atoms with Gasteiger partial charge in [0.25, 0.3) is 0 Å². The molecule has 2 heterocycles. The second-order valence-corrected chi connectivity index (χ2v) is 7.94. The number of hydrogen-bond donors (Lipinski definition) is 1. The number of hydrogen-bond acceptors (Lipinski definition) is 5. The number of piperidine rings is 1. The summed E-state index contributed by atoms with van der Waals surface area (Å²) in [6.45, 7) is 1.07. The Balaban J connectivity index is 1.47. The highest BCUT2D eigenvalue weighted by molar-refractivity contribution is 7.22. The minimum absolute atomic E-state index is 0.0348. The van der Waals surface area contributed by atoms with E-state index in [1.165, 1.54) is 41.7 Å². The Kier molecular flexibility index (Phi) is 5.50. The molecule has 1 atom stereocenters. The number of fused-ring (bicyclic) bond motifs is 1. The van der Waals surface area contributed by atoms with E-state index in [1.807, 2.05) is 4.90 Å². The maximum Gasteiger partial charge on any atom is 0.573 e. The second kappa shape index (κ2) is 8.10. The van der Waals surface area contributed by atoms with Gasteiger partial charge in [0, 0.05) is 13.1 Å². The van der Waals surface area contributed by atoms with E-state index in [4.69, 9.17) is 0 Å². The maximum absolute atomic E-state index is 13.4. The Hall–Kier alpha value is -2.88. The number of nitrogens with zero attached hydrogens (tertiary/aromatic N) is 2. The van der Waals surface area contributed by atoms with E-state index in [0.29, 0.717) is 30.2 Å². The van der Waals surface area contributed by atoms with Crippen LogP contribution in [0.2, 0.25) is 0 Å². The minimum atomic E-state index is -4.85. The molecule has 1 fully saturated rings.